The maximum Gasteiger partial charge on any atom is 0.261 e. The first kappa shape index (κ1) is 18.8. The Balaban J connectivity index is 1.42. The molecule has 6 nitrogen and oxygen atoms in total. The number of rotatable bonds is 7. The van der Waals surface area contributed by atoms with Crippen molar-refractivity contribution >= 4 is 17.5 Å². The summed E-state index contributed by atoms with van der Waals surface area (Å²) in [5, 5.41) is 2.84. The Hall–Kier alpha value is -3.54. The van der Waals surface area contributed by atoms with Crippen LogP contribution in [0.4, 0.5) is 5.69 Å². The fraction of sp³-hybridized carbons (Fsp3) is 0.217. The Morgan fingerprint density at radius 1 is 1.03 bits per heavy atom. The highest BCUT2D eigenvalue weighted by Crippen LogP contribution is 2.26. The Morgan fingerprint density at radius 3 is 2.69 bits per heavy atom. The molecule has 0 saturated heterocycles. The number of nitrogens with zero attached hydrogens (tertiary/aromatic N) is 1. The minimum Gasteiger partial charge on any atom is -0.484 e. The summed E-state index contributed by atoms with van der Waals surface area (Å²) < 4.78 is 11.2. The van der Waals surface area contributed by atoms with Gasteiger partial charge in [0.15, 0.2) is 6.61 Å². The van der Waals surface area contributed by atoms with E-state index in [0.717, 1.165) is 22.6 Å². The van der Waals surface area contributed by atoms with Crippen molar-refractivity contribution in [1.82, 2.24) is 4.90 Å². The van der Waals surface area contributed by atoms with E-state index in [1.54, 1.807) is 17.2 Å². The Labute approximate surface area is 169 Å². The first-order valence-electron chi connectivity index (χ1n) is 9.57. The lowest BCUT2D eigenvalue weighted by atomic mass is 10.0. The molecular formula is C23H22N2O4. The molecule has 1 aliphatic rings. The molecular weight excluding hydrogens is 368 g/mol. The van der Waals surface area contributed by atoms with Crippen LogP contribution in [-0.4, -0.2) is 23.3 Å². The third-order valence-electron chi connectivity index (χ3n) is 4.83. The normalized spacial score (nSPS) is 12.8. The number of nitrogens with one attached hydrogen (secondary N) is 1. The number of fused-ring (bicyclic) bond motifs is 1. The number of aryl methyl sites for hydroxylation is 1. The predicted octanol–water partition coefficient (Wildman–Crippen LogP) is 3.77. The molecule has 0 atom stereocenters. The summed E-state index contributed by atoms with van der Waals surface area (Å²) in [6.45, 7) is 0.777. The predicted molar refractivity (Wildman–Crippen MR) is 108 cm³/mol. The summed E-state index contributed by atoms with van der Waals surface area (Å²) in [6.07, 6.45) is 2.73. The van der Waals surface area contributed by atoms with Gasteiger partial charge in [0.1, 0.15) is 11.5 Å². The van der Waals surface area contributed by atoms with Crippen molar-refractivity contribution in [3.8, 4) is 5.75 Å². The van der Waals surface area contributed by atoms with Gasteiger partial charge in [-0.25, -0.2) is 0 Å². The number of anilines is 1. The quantitative estimate of drug-likeness (QED) is 0.667. The SMILES string of the molecule is O=C1CCc2cc(OCC(=O)N(Cc3ccccc3)Cc3ccco3)ccc2N1. The van der Waals surface area contributed by atoms with E-state index >= 15 is 0 Å². The second-order valence-electron chi connectivity index (χ2n) is 6.97. The zero-order chi connectivity index (χ0) is 20.1. The Bertz CT molecular complexity index is 983. The Kier molecular flexibility index (Phi) is 5.61. The average molecular weight is 390 g/mol. The first-order valence-corrected chi connectivity index (χ1v) is 9.57. The van der Waals surface area contributed by atoms with Crippen LogP contribution in [-0.2, 0) is 29.1 Å². The second-order valence-corrected chi connectivity index (χ2v) is 6.97. The lowest BCUT2D eigenvalue weighted by molar-refractivity contribution is -0.134. The summed E-state index contributed by atoms with van der Waals surface area (Å²) in [5.41, 5.74) is 2.87. The van der Waals surface area contributed by atoms with Crippen LogP contribution < -0.4 is 10.1 Å². The molecule has 6 heteroatoms. The van der Waals surface area contributed by atoms with E-state index in [1.807, 2.05) is 54.6 Å². The number of hydrogen-bond donors (Lipinski definition) is 1. The van der Waals surface area contributed by atoms with Crippen LogP contribution in [0.1, 0.15) is 23.3 Å². The van der Waals surface area contributed by atoms with E-state index in [9.17, 15) is 9.59 Å². The smallest absolute Gasteiger partial charge is 0.261 e. The third-order valence-corrected chi connectivity index (χ3v) is 4.83. The van der Waals surface area contributed by atoms with Gasteiger partial charge < -0.3 is 19.4 Å². The van der Waals surface area contributed by atoms with Crippen molar-refractivity contribution in [3.05, 3.63) is 83.8 Å². The highest BCUT2D eigenvalue weighted by Gasteiger charge is 2.18. The van der Waals surface area contributed by atoms with E-state index in [1.165, 1.54) is 0 Å². The molecule has 1 aliphatic heterocycles. The third kappa shape index (κ3) is 4.85. The number of ether oxygens (including phenoxy) is 1. The monoisotopic (exact) mass is 390 g/mol. The molecule has 2 aromatic carbocycles. The van der Waals surface area contributed by atoms with Gasteiger partial charge in [0.2, 0.25) is 5.91 Å². The Morgan fingerprint density at radius 2 is 1.90 bits per heavy atom. The molecule has 0 bridgehead atoms. The van der Waals surface area contributed by atoms with Crippen LogP contribution in [0.5, 0.6) is 5.75 Å². The molecule has 1 aromatic heterocycles. The van der Waals surface area contributed by atoms with Crippen molar-refractivity contribution in [1.29, 1.82) is 0 Å². The highest BCUT2D eigenvalue weighted by atomic mass is 16.5. The van der Waals surface area contributed by atoms with Crippen LogP contribution in [0.3, 0.4) is 0 Å². The average Bonchev–Trinajstić information content (AvgIpc) is 3.25. The molecule has 2 heterocycles. The molecule has 0 spiro atoms. The standard InChI is InChI=1S/C23H22N2O4/c26-22-11-8-18-13-19(9-10-21(18)24-22)29-16-23(27)25(15-20-7-4-12-28-20)14-17-5-2-1-3-6-17/h1-7,9-10,12-13H,8,11,14-16H2,(H,24,26). The molecule has 0 saturated carbocycles. The topological polar surface area (TPSA) is 71.8 Å². The zero-order valence-electron chi connectivity index (χ0n) is 16.0. The van der Waals surface area contributed by atoms with Crippen LogP contribution >= 0.6 is 0 Å². The number of carbonyl (C=O) groups excluding carboxylic acids is 2. The van der Waals surface area contributed by atoms with Gasteiger partial charge in [-0.1, -0.05) is 30.3 Å². The van der Waals surface area contributed by atoms with Gasteiger partial charge >= 0.3 is 0 Å². The fourth-order valence-electron chi connectivity index (χ4n) is 3.31. The van der Waals surface area contributed by atoms with Crippen molar-refractivity contribution in [2.45, 2.75) is 25.9 Å². The molecule has 0 unspecified atom stereocenters. The van der Waals surface area contributed by atoms with Crippen LogP contribution in [0, 0.1) is 0 Å². The van der Waals surface area contributed by atoms with Gasteiger partial charge in [-0.2, -0.15) is 0 Å². The molecule has 3 aromatic rings. The van der Waals surface area contributed by atoms with E-state index in [4.69, 9.17) is 9.15 Å². The largest absolute Gasteiger partial charge is 0.484 e. The fourth-order valence-corrected chi connectivity index (χ4v) is 3.31. The summed E-state index contributed by atoms with van der Waals surface area (Å²) in [6, 6.07) is 19.0. The first-order chi connectivity index (χ1) is 14.2. The lowest BCUT2D eigenvalue weighted by Crippen LogP contribution is -2.34. The number of carbonyl (C=O) groups is 2. The van der Waals surface area contributed by atoms with E-state index < -0.39 is 0 Å². The van der Waals surface area contributed by atoms with E-state index in [0.29, 0.717) is 31.7 Å². The van der Waals surface area contributed by atoms with E-state index in [-0.39, 0.29) is 18.4 Å². The maximum atomic E-state index is 12.9. The number of furan rings is 1. The molecule has 0 fully saturated rings. The van der Waals surface area contributed by atoms with Crippen molar-refractivity contribution in [3.63, 3.8) is 0 Å². The minimum atomic E-state index is -0.128. The molecule has 2 amide bonds. The molecule has 29 heavy (non-hydrogen) atoms. The van der Waals surface area contributed by atoms with Gasteiger partial charge in [-0.15, -0.1) is 0 Å². The van der Waals surface area contributed by atoms with Crippen molar-refractivity contribution < 1.29 is 18.7 Å². The molecule has 1 N–H and O–H groups in total. The van der Waals surface area contributed by atoms with E-state index in [2.05, 4.69) is 5.32 Å². The van der Waals surface area contributed by atoms with Crippen LogP contribution in [0.2, 0.25) is 0 Å². The van der Waals surface area contributed by atoms with Gasteiger partial charge in [0.25, 0.3) is 5.91 Å². The summed E-state index contributed by atoms with van der Waals surface area (Å²) in [7, 11) is 0. The second kappa shape index (κ2) is 8.65. The minimum absolute atomic E-state index is 0.0239. The van der Waals surface area contributed by atoms with Crippen LogP contribution in [0.25, 0.3) is 0 Å². The zero-order valence-corrected chi connectivity index (χ0v) is 16.0. The van der Waals surface area contributed by atoms with Crippen LogP contribution in [0.15, 0.2) is 71.3 Å². The molecule has 148 valence electrons. The van der Waals surface area contributed by atoms with Gasteiger partial charge in [0, 0.05) is 18.7 Å². The number of amides is 2. The van der Waals surface area contributed by atoms with Gasteiger partial charge in [-0.05, 0) is 47.9 Å². The molecule has 0 radical (unpaired) electrons. The number of benzene rings is 2. The summed E-state index contributed by atoms with van der Waals surface area (Å²) in [5.74, 6) is 1.23. The van der Waals surface area contributed by atoms with Crippen molar-refractivity contribution in [2.75, 3.05) is 11.9 Å². The summed E-state index contributed by atoms with van der Waals surface area (Å²) >= 11 is 0. The lowest BCUT2D eigenvalue weighted by Gasteiger charge is -2.22. The van der Waals surface area contributed by atoms with Gasteiger partial charge in [0.05, 0.1) is 12.8 Å². The van der Waals surface area contributed by atoms with Crippen molar-refractivity contribution in [2.24, 2.45) is 0 Å². The molecule has 0 aliphatic carbocycles. The number of hydrogen-bond acceptors (Lipinski definition) is 4. The molecule has 4 rings (SSSR count). The maximum absolute atomic E-state index is 12.9. The summed E-state index contributed by atoms with van der Waals surface area (Å²) in [4.78, 5) is 26.1. The van der Waals surface area contributed by atoms with Gasteiger partial charge in [-0.3, -0.25) is 9.59 Å². The highest BCUT2D eigenvalue weighted by molar-refractivity contribution is 5.94.